The Labute approximate surface area is 113 Å². The maximum absolute atomic E-state index is 11.7. The predicted molar refractivity (Wildman–Crippen MR) is 70.2 cm³/mol. The normalized spacial score (nSPS) is 14.5. The number of rotatable bonds is 5. The molecule has 2 rings (SSSR count). The second-order valence-corrected chi connectivity index (χ2v) is 4.60. The Kier molecular flexibility index (Phi) is 4.27. The van der Waals surface area contributed by atoms with Gasteiger partial charge in [-0.2, -0.15) is 0 Å². The molecule has 1 aromatic rings. The van der Waals surface area contributed by atoms with Crippen LogP contribution in [0, 0.1) is 0 Å². The molecule has 0 fully saturated rings. The summed E-state index contributed by atoms with van der Waals surface area (Å²) in [4.78, 5) is 13.7. The van der Waals surface area contributed by atoms with Crippen LogP contribution in [0.15, 0.2) is 18.2 Å². The van der Waals surface area contributed by atoms with Crippen LogP contribution < -0.4 is 9.47 Å². The standard InChI is InChI=1S/C14H19NO4/c1-4-17-14(16)8-11(15(2)3)10-5-6-12-13(7-10)19-9-18-12/h5-7,11H,4,8-9H2,1-3H3. The summed E-state index contributed by atoms with van der Waals surface area (Å²) in [5.41, 5.74) is 1.02. The van der Waals surface area contributed by atoms with Crippen LogP contribution in [0.2, 0.25) is 0 Å². The van der Waals surface area contributed by atoms with Crippen molar-refractivity contribution in [3.05, 3.63) is 23.8 Å². The second-order valence-electron chi connectivity index (χ2n) is 4.60. The van der Waals surface area contributed by atoms with Crippen molar-refractivity contribution < 1.29 is 19.0 Å². The number of nitrogens with zero attached hydrogens (tertiary/aromatic N) is 1. The van der Waals surface area contributed by atoms with E-state index >= 15 is 0 Å². The number of carbonyl (C=O) groups is 1. The van der Waals surface area contributed by atoms with Crippen LogP contribution in [-0.4, -0.2) is 38.4 Å². The Balaban J connectivity index is 2.17. The van der Waals surface area contributed by atoms with Crippen molar-refractivity contribution in [3.8, 4) is 11.5 Å². The lowest BCUT2D eigenvalue weighted by atomic mass is 10.0. The number of fused-ring (bicyclic) bond motifs is 1. The molecule has 1 aliphatic rings. The molecule has 5 heteroatoms. The Hall–Kier alpha value is -1.75. The van der Waals surface area contributed by atoms with E-state index in [-0.39, 0.29) is 18.8 Å². The molecule has 0 spiro atoms. The van der Waals surface area contributed by atoms with Gasteiger partial charge in [0.2, 0.25) is 6.79 Å². The Bertz CT molecular complexity index is 459. The average molecular weight is 265 g/mol. The Morgan fingerprint density at radius 2 is 2.11 bits per heavy atom. The first-order chi connectivity index (χ1) is 9.11. The van der Waals surface area contributed by atoms with Gasteiger partial charge in [0.15, 0.2) is 11.5 Å². The maximum atomic E-state index is 11.7. The number of hydrogen-bond donors (Lipinski definition) is 0. The molecule has 0 aromatic heterocycles. The molecule has 19 heavy (non-hydrogen) atoms. The van der Waals surface area contributed by atoms with Gasteiger partial charge in [0.05, 0.1) is 13.0 Å². The summed E-state index contributed by atoms with van der Waals surface area (Å²) in [6.45, 7) is 2.46. The first-order valence-electron chi connectivity index (χ1n) is 6.33. The summed E-state index contributed by atoms with van der Waals surface area (Å²) in [5, 5.41) is 0. The molecule has 0 aliphatic carbocycles. The van der Waals surface area contributed by atoms with Crippen molar-refractivity contribution in [2.45, 2.75) is 19.4 Å². The van der Waals surface area contributed by atoms with E-state index < -0.39 is 0 Å². The quantitative estimate of drug-likeness (QED) is 0.762. The van der Waals surface area contributed by atoms with Crippen molar-refractivity contribution in [1.82, 2.24) is 4.90 Å². The fourth-order valence-corrected chi connectivity index (χ4v) is 2.10. The number of ether oxygens (including phenoxy) is 3. The highest BCUT2D eigenvalue weighted by molar-refractivity contribution is 5.70. The van der Waals surface area contributed by atoms with Crippen LogP contribution in [0.25, 0.3) is 0 Å². The van der Waals surface area contributed by atoms with Crippen LogP contribution in [0.1, 0.15) is 24.9 Å². The van der Waals surface area contributed by atoms with Gasteiger partial charge in [-0.25, -0.2) is 0 Å². The fraction of sp³-hybridized carbons (Fsp3) is 0.500. The molecule has 0 saturated carbocycles. The van der Waals surface area contributed by atoms with Gasteiger partial charge in [0, 0.05) is 6.04 Å². The molecule has 104 valence electrons. The first kappa shape index (κ1) is 13.7. The summed E-state index contributed by atoms with van der Waals surface area (Å²) in [6, 6.07) is 5.72. The van der Waals surface area contributed by atoms with Crippen molar-refractivity contribution >= 4 is 5.97 Å². The van der Waals surface area contributed by atoms with E-state index in [4.69, 9.17) is 14.2 Å². The van der Waals surface area contributed by atoms with Crippen LogP contribution >= 0.6 is 0 Å². The predicted octanol–water partition coefficient (Wildman–Crippen LogP) is 1.97. The first-order valence-corrected chi connectivity index (χ1v) is 6.33. The Morgan fingerprint density at radius 3 is 2.79 bits per heavy atom. The van der Waals surface area contributed by atoms with Crippen LogP contribution in [0.5, 0.6) is 11.5 Å². The van der Waals surface area contributed by atoms with E-state index in [1.54, 1.807) is 0 Å². The SMILES string of the molecule is CCOC(=O)CC(c1ccc2c(c1)OCO2)N(C)C. The minimum atomic E-state index is -0.195. The van der Waals surface area contributed by atoms with E-state index in [0.29, 0.717) is 13.0 Å². The molecule has 1 heterocycles. The molecule has 0 bridgehead atoms. The van der Waals surface area contributed by atoms with Gasteiger partial charge in [-0.15, -0.1) is 0 Å². The van der Waals surface area contributed by atoms with E-state index in [9.17, 15) is 4.79 Å². The van der Waals surface area contributed by atoms with Crippen molar-refractivity contribution in [2.75, 3.05) is 27.5 Å². The van der Waals surface area contributed by atoms with Gasteiger partial charge in [0.25, 0.3) is 0 Å². The smallest absolute Gasteiger partial charge is 0.307 e. The van der Waals surface area contributed by atoms with Gasteiger partial charge >= 0.3 is 5.97 Å². The molecule has 0 radical (unpaired) electrons. The van der Waals surface area contributed by atoms with E-state index in [2.05, 4.69) is 0 Å². The van der Waals surface area contributed by atoms with Crippen molar-refractivity contribution in [3.63, 3.8) is 0 Å². The third-order valence-corrected chi connectivity index (χ3v) is 3.07. The molecule has 0 saturated heterocycles. The number of hydrogen-bond acceptors (Lipinski definition) is 5. The van der Waals surface area contributed by atoms with Crippen LogP contribution in [-0.2, 0) is 9.53 Å². The molecule has 1 atom stereocenters. The van der Waals surface area contributed by atoms with Gasteiger partial charge in [0.1, 0.15) is 0 Å². The lowest BCUT2D eigenvalue weighted by Crippen LogP contribution is -2.23. The van der Waals surface area contributed by atoms with Crippen LogP contribution in [0.3, 0.4) is 0 Å². The van der Waals surface area contributed by atoms with Crippen LogP contribution in [0.4, 0.5) is 0 Å². The van der Waals surface area contributed by atoms with E-state index in [1.165, 1.54) is 0 Å². The fourth-order valence-electron chi connectivity index (χ4n) is 2.10. The summed E-state index contributed by atoms with van der Waals surface area (Å²) in [5.74, 6) is 1.28. The lowest BCUT2D eigenvalue weighted by molar-refractivity contribution is -0.144. The molecule has 5 nitrogen and oxygen atoms in total. The molecule has 1 unspecified atom stereocenters. The number of carbonyl (C=O) groups excluding carboxylic acids is 1. The zero-order valence-corrected chi connectivity index (χ0v) is 11.5. The largest absolute Gasteiger partial charge is 0.466 e. The van der Waals surface area contributed by atoms with Gasteiger partial charge in [-0.1, -0.05) is 6.07 Å². The molecule has 0 amide bonds. The summed E-state index contributed by atoms with van der Waals surface area (Å²) < 4.78 is 15.7. The molecule has 1 aromatic carbocycles. The number of benzene rings is 1. The molecule has 0 N–H and O–H groups in total. The van der Waals surface area contributed by atoms with Gasteiger partial charge < -0.3 is 19.1 Å². The number of esters is 1. The van der Waals surface area contributed by atoms with Gasteiger partial charge in [-0.05, 0) is 38.7 Å². The zero-order chi connectivity index (χ0) is 13.8. The molecular weight excluding hydrogens is 246 g/mol. The van der Waals surface area contributed by atoms with Crippen molar-refractivity contribution in [2.24, 2.45) is 0 Å². The third-order valence-electron chi connectivity index (χ3n) is 3.07. The highest BCUT2D eigenvalue weighted by Crippen LogP contribution is 2.35. The minimum absolute atomic E-state index is 0.0338. The summed E-state index contributed by atoms with van der Waals surface area (Å²) in [6.07, 6.45) is 0.320. The van der Waals surface area contributed by atoms with Gasteiger partial charge in [-0.3, -0.25) is 4.79 Å². The summed E-state index contributed by atoms with van der Waals surface area (Å²) >= 11 is 0. The highest BCUT2D eigenvalue weighted by atomic mass is 16.7. The second kappa shape index (κ2) is 5.93. The highest BCUT2D eigenvalue weighted by Gasteiger charge is 2.22. The minimum Gasteiger partial charge on any atom is -0.466 e. The average Bonchev–Trinajstić information content (AvgIpc) is 2.83. The summed E-state index contributed by atoms with van der Waals surface area (Å²) in [7, 11) is 3.88. The van der Waals surface area contributed by atoms with Crippen molar-refractivity contribution in [1.29, 1.82) is 0 Å². The Morgan fingerprint density at radius 1 is 1.37 bits per heavy atom. The van der Waals surface area contributed by atoms with E-state index in [0.717, 1.165) is 17.1 Å². The lowest BCUT2D eigenvalue weighted by Gasteiger charge is -2.24. The maximum Gasteiger partial charge on any atom is 0.307 e. The molecular formula is C14H19NO4. The topological polar surface area (TPSA) is 48.0 Å². The monoisotopic (exact) mass is 265 g/mol. The van der Waals surface area contributed by atoms with E-state index in [1.807, 2.05) is 44.1 Å². The third kappa shape index (κ3) is 3.17. The zero-order valence-electron chi connectivity index (χ0n) is 11.5. The molecule has 1 aliphatic heterocycles.